The van der Waals surface area contributed by atoms with Crippen LogP contribution in [0.4, 0.5) is 0 Å². The highest BCUT2D eigenvalue weighted by Gasteiger charge is 2.28. The summed E-state index contributed by atoms with van der Waals surface area (Å²) >= 11 is 0. The molecular weight excluding hydrogens is 146 g/mol. The van der Waals surface area contributed by atoms with Gasteiger partial charge in [0.2, 0.25) is 0 Å². The van der Waals surface area contributed by atoms with Gasteiger partial charge in [0, 0.05) is 5.54 Å². The monoisotopic (exact) mass is 171 g/mol. The summed E-state index contributed by atoms with van der Waals surface area (Å²) in [5.41, 5.74) is 6.44. The van der Waals surface area contributed by atoms with E-state index in [0.29, 0.717) is 0 Å². The number of hydrogen-bond donors (Lipinski definition) is 1. The average Bonchev–Trinajstić information content (AvgIpc) is 2.13. The highest BCUT2D eigenvalue weighted by atomic mass is 14.7. The van der Waals surface area contributed by atoms with Gasteiger partial charge in [-0.25, -0.2) is 0 Å². The van der Waals surface area contributed by atoms with Gasteiger partial charge < -0.3 is 5.73 Å². The predicted octanol–water partition coefficient (Wildman–Crippen LogP) is 3.33. The molecule has 1 heteroatoms. The van der Waals surface area contributed by atoms with Gasteiger partial charge in [0.1, 0.15) is 0 Å². The summed E-state index contributed by atoms with van der Waals surface area (Å²) in [6.45, 7) is 8.92. The molecule has 0 saturated heterocycles. The van der Waals surface area contributed by atoms with Crippen LogP contribution >= 0.6 is 0 Å². The zero-order chi connectivity index (χ0) is 9.61. The molecule has 0 aliphatic heterocycles. The van der Waals surface area contributed by atoms with E-state index in [9.17, 15) is 0 Å². The summed E-state index contributed by atoms with van der Waals surface area (Å²) in [7, 11) is 0. The van der Waals surface area contributed by atoms with E-state index in [1.54, 1.807) is 0 Å². The van der Waals surface area contributed by atoms with Crippen molar-refractivity contribution >= 4 is 0 Å². The average molecular weight is 171 g/mol. The fraction of sp³-hybridized carbons (Fsp3) is 1.00. The molecule has 0 radical (unpaired) electrons. The summed E-state index contributed by atoms with van der Waals surface area (Å²) in [4.78, 5) is 0. The summed E-state index contributed by atoms with van der Waals surface area (Å²) in [6.07, 6.45) is 6.00. The van der Waals surface area contributed by atoms with Crippen molar-refractivity contribution < 1.29 is 0 Å². The molecule has 1 nitrogen and oxygen atoms in total. The lowest BCUT2D eigenvalue weighted by atomic mass is 9.76. The Balaban J connectivity index is 4.21. The highest BCUT2D eigenvalue weighted by molar-refractivity contribution is 4.87. The lowest BCUT2D eigenvalue weighted by molar-refractivity contribution is 0.229. The van der Waals surface area contributed by atoms with Crippen LogP contribution in [0.5, 0.6) is 0 Å². The van der Waals surface area contributed by atoms with Crippen molar-refractivity contribution in [3.8, 4) is 0 Å². The first-order valence-electron chi connectivity index (χ1n) is 5.43. The normalized spacial score (nSPS) is 14.8. The van der Waals surface area contributed by atoms with E-state index < -0.39 is 0 Å². The van der Waals surface area contributed by atoms with E-state index in [-0.39, 0.29) is 5.54 Å². The Labute approximate surface area is 77.7 Å². The van der Waals surface area contributed by atoms with Gasteiger partial charge in [-0.1, -0.05) is 40.5 Å². The maximum Gasteiger partial charge on any atom is 0.0177 e. The topological polar surface area (TPSA) is 26.0 Å². The third-order valence-electron chi connectivity index (χ3n) is 3.26. The number of rotatable bonds is 6. The van der Waals surface area contributed by atoms with Crippen molar-refractivity contribution in [1.29, 1.82) is 0 Å². The van der Waals surface area contributed by atoms with Gasteiger partial charge in [0.05, 0.1) is 0 Å². The van der Waals surface area contributed by atoms with Gasteiger partial charge in [-0.2, -0.15) is 0 Å². The molecule has 0 aliphatic rings. The molecular formula is C11H25N. The minimum absolute atomic E-state index is 0.102. The third-order valence-corrected chi connectivity index (χ3v) is 3.26. The Hall–Kier alpha value is -0.0400. The second-order valence-corrected chi connectivity index (χ2v) is 3.83. The molecule has 0 spiro atoms. The molecule has 2 N–H and O–H groups in total. The van der Waals surface area contributed by atoms with Crippen molar-refractivity contribution in [3.05, 3.63) is 0 Å². The van der Waals surface area contributed by atoms with Crippen molar-refractivity contribution in [2.75, 3.05) is 0 Å². The van der Waals surface area contributed by atoms with Gasteiger partial charge in [-0.15, -0.1) is 0 Å². The highest BCUT2D eigenvalue weighted by Crippen LogP contribution is 2.28. The summed E-state index contributed by atoms with van der Waals surface area (Å²) < 4.78 is 0. The molecule has 74 valence electrons. The van der Waals surface area contributed by atoms with E-state index in [2.05, 4.69) is 27.7 Å². The van der Waals surface area contributed by atoms with Crippen LogP contribution in [0.25, 0.3) is 0 Å². The Morgan fingerprint density at radius 1 is 1.08 bits per heavy atom. The first kappa shape index (κ1) is 12.0. The lowest BCUT2D eigenvalue weighted by Crippen LogP contribution is -2.45. The van der Waals surface area contributed by atoms with Crippen LogP contribution in [-0.4, -0.2) is 5.54 Å². The fourth-order valence-corrected chi connectivity index (χ4v) is 2.07. The Kier molecular flexibility index (Phi) is 5.56. The first-order valence-corrected chi connectivity index (χ1v) is 5.43. The minimum atomic E-state index is 0.102. The predicted molar refractivity (Wildman–Crippen MR) is 56.2 cm³/mol. The van der Waals surface area contributed by atoms with Gasteiger partial charge in [0.25, 0.3) is 0 Å². The third kappa shape index (κ3) is 2.78. The zero-order valence-electron chi connectivity index (χ0n) is 9.19. The molecule has 0 saturated carbocycles. The Morgan fingerprint density at radius 3 is 1.83 bits per heavy atom. The standard InChI is InChI=1S/C11H25N/c1-5-9-10(6-2)11(12,7-3)8-4/h10H,5-9,12H2,1-4H3. The Bertz CT molecular complexity index is 106. The van der Waals surface area contributed by atoms with Crippen molar-refractivity contribution in [2.24, 2.45) is 11.7 Å². The van der Waals surface area contributed by atoms with E-state index in [0.717, 1.165) is 18.8 Å². The molecule has 0 amide bonds. The van der Waals surface area contributed by atoms with E-state index in [1.807, 2.05) is 0 Å². The summed E-state index contributed by atoms with van der Waals surface area (Å²) in [5.74, 6) is 0.720. The van der Waals surface area contributed by atoms with Gasteiger partial charge >= 0.3 is 0 Å². The van der Waals surface area contributed by atoms with Crippen LogP contribution in [0.15, 0.2) is 0 Å². The van der Waals surface area contributed by atoms with Gasteiger partial charge in [0.15, 0.2) is 0 Å². The van der Waals surface area contributed by atoms with Crippen LogP contribution in [-0.2, 0) is 0 Å². The second kappa shape index (κ2) is 5.58. The largest absolute Gasteiger partial charge is 0.325 e. The van der Waals surface area contributed by atoms with Crippen LogP contribution in [0.3, 0.4) is 0 Å². The molecule has 1 unspecified atom stereocenters. The van der Waals surface area contributed by atoms with Crippen LogP contribution in [0.2, 0.25) is 0 Å². The molecule has 0 aromatic heterocycles. The number of hydrogen-bond acceptors (Lipinski definition) is 1. The zero-order valence-corrected chi connectivity index (χ0v) is 9.19. The maximum absolute atomic E-state index is 6.34. The molecule has 0 fully saturated rings. The molecule has 0 heterocycles. The smallest absolute Gasteiger partial charge is 0.0177 e. The van der Waals surface area contributed by atoms with Gasteiger partial charge in [-0.05, 0) is 25.2 Å². The minimum Gasteiger partial charge on any atom is -0.325 e. The second-order valence-electron chi connectivity index (χ2n) is 3.83. The molecule has 0 aromatic carbocycles. The van der Waals surface area contributed by atoms with Crippen molar-refractivity contribution in [2.45, 2.75) is 65.3 Å². The fourth-order valence-electron chi connectivity index (χ4n) is 2.07. The molecule has 0 bridgehead atoms. The van der Waals surface area contributed by atoms with Crippen LogP contribution in [0, 0.1) is 5.92 Å². The van der Waals surface area contributed by atoms with Gasteiger partial charge in [-0.3, -0.25) is 0 Å². The van der Waals surface area contributed by atoms with E-state index >= 15 is 0 Å². The van der Waals surface area contributed by atoms with E-state index in [4.69, 9.17) is 5.73 Å². The molecule has 0 rings (SSSR count). The van der Waals surface area contributed by atoms with Crippen LogP contribution < -0.4 is 5.73 Å². The molecule has 1 atom stereocenters. The SMILES string of the molecule is CCCC(CC)C(N)(CC)CC. The molecule has 0 aliphatic carbocycles. The lowest BCUT2D eigenvalue weighted by Gasteiger charge is -2.35. The number of nitrogens with two attached hydrogens (primary N) is 1. The quantitative estimate of drug-likeness (QED) is 0.652. The molecule has 12 heavy (non-hydrogen) atoms. The van der Waals surface area contributed by atoms with Crippen LogP contribution in [0.1, 0.15) is 59.8 Å². The molecule has 0 aromatic rings. The van der Waals surface area contributed by atoms with Crippen molar-refractivity contribution in [1.82, 2.24) is 0 Å². The summed E-state index contributed by atoms with van der Waals surface area (Å²) in [5, 5.41) is 0. The summed E-state index contributed by atoms with van der Waals surface area (Å²) in [6, 6.07) is 0. The Morgan fingerprint density at radius 2 is 1.58 bits per heavy atom. The van der Waals surface area contributed by atoms with E-state index in [1.165, 1.54) is 19.3 Å². The van der Waals surface area contributed by atoms with Crippen molar-refractivity contribution in [3.63, 3.8) is 0 Å². The maximum atomic E-state index is 6.34. The first-order chi connectivity index (χ1) is 5.64.